The summed E-state index contributed by atoms with van der Waals surface area (Å²) >= 11 is 0. The van der Waals surface area contributed by atoms with Gasteiger partial charge in [-0.1, -0.05) is 6.07 Å². The molecule has 0 unspecified atom stereocenters. The van der Waals surface area contributed by atoms with Gasteiger partial charge in [-0.2, -0.15) is 4.98 Å². The predicted octanol–water partition coefficient (Wildman–Crippen LogP) is 2.75. The summed E-state index contributed by atoms with van der Waals surface area (Å²) in [5, 5.41) is 6.21. The van der Waals surface area contributed by atoms with Crippen molar-refractivity contribution < 1.29 is 9.21 Å². The topological polar surface area (TPSA) is 70.4 Å². The van der Waals surface area contributed by atoms with Crippen LogP contribution in [0.25, 0.3) is 11.1 Å². The molecule has 122 valence electrons. The molecule has 0 atom stereocenters. The van der Waals surface area contributed by atoms with Crippen molar-refractivity contribution in [1.29, 1.82) is 0 Å². The molecule has 1 aliphatic heterocycles. The van der Waals surface area contributed by atoms with Crippen LogP contribution in [0.2, 0.25) is 0 Å². The smallest absolute Gasteiger partial charge is 0.297 e. The third kappa shape index (κ3) is 2.61. The van der Waals surface area contributed by atoms with Crippen LogP contribution >= 0.6 is 0 Å². The largest absolute Gasteiger partial charge is 0.423 e. The summed E-state index contributed by atoms with van der Waals surface area (Å²) in [6.45, 7) is 1.68. The lowest BCUT2D eigenvalue weighted by Gasteiger charge is -2.06. The number of fused-ring (bicyclic) bond motifs is 2. The second-order valence-electron chi connectivity index (χ2n) is 6.11. The Morgan fingerprint density at radius 3 is 2.83 bits per heavy atom. The quantitative estimate of drug-likeness (QED) is 0.776. The molecule has 0 bridgehead atoms. The molecular weight excluding hydrogens is 304 g/mol. The molecule has 2 heterocycles. The molecule has 0 aliphatic carbocycles. The molecule has 0 saturated carbocycles. The molecule has 6 heteroatoms. The van der Waals surface area contributed by atoms with Crippen LogP contribution in [0.3, 0.4) is 0 Å². The highest BCUT2D eigenvalue weighted by atomic mass is 16.4. The number of oxazole rings is 1. The van der Waals surface area contributed by atoms with Gasteiger partial charge in [0.25, 0.3) is 11.9 Å². The van der Waals surface area contributed by atoms with Crippen molar-refractivity contribution in [2.75, 3.05) is 24.3 Å². The molecule has 24 heavy (non-hydrogen) atoms. The van der Waals surface area contributed by atoms with E-state index < -0.39 is 0 Å². The van der Waals surface area contributed by atoms with E-state index in [4.69, 9.17) is 4.42 Å². The molecule has 0 spiro atoms. The molecular formula is C18H18N4O2. The van der Waals surface area contributed by atoms with Gasteiger partial charge in [0.05, 0.1) is 0 Å². The zero-order chi connectivity index (χ0) is 16.7. The number of carbonyl (C=O) groups is 1. The van der Waals surface area contributed by atoms with Crippen LogP contribution in [0.4, 0.5) is 11.7 Å². The molecule has 2 aromatic carbocycles. The first-order chi connectivity index (χ1) is 11.6. The van der Waals surface area contributed by atoms with Crippen molar-refractivity contribution in [2.24, 2.45) is 0 Å². The molecule has 1 amide bonds. The first kappa shape index (κ1) is 14.7. The Morgan fingerprint density at radius 1 is 1.17 bits per heavy atom. The van der Waals surface area contributed by atoms with E-state index in [2.05, 4.69) is 15.6 Å². The van der Waals surface area contributed by atoms with Crippen molar-refractivity contribution in [3.8, 4) is 0 Å². The van der Waals surface area contributed by atoms with E-state index in [1.807, 2.05) is 50.5 Å². The molecule has 2 N–H and O–H groups in total. The van der Waals surface area contributed by atoms with Gasteiger partial charge in [0.1, 0.15) is 5.52 Å². The fraction of sp³-hybridized carbons (Fsp3) is 0.222. The van der Waals surface area contributed by atoms with Gasteiger partial charge in [0.15, 0.2) is 5.58 Å². The van der Waals surface area contributed by atoms with Crippen molar-refractivity contribution in [3.05, 3.63) is 53.1 Å². The van der Waals surface area contributed by atoms with Crippen LogP contribution in [0.15, 0.2) is 40.8 Å². The molecule has 4 rings (SSSR count). The van der Waals surface area contributed by atoms with E-state index in [0.29, 0.717) is 22.8 Å². The number of aromatic nitrogens is 1. The maximum Gasteiger partial charge on any atom is 0.297 e. The summed E-state index contributed by atoms with van der Waals surface area (Å²) in [6.07, 6.45) is 0. The number of hydrogen-bond acceptors (Lipinski definition) is 5. The number of rotatable bonds is 3. The van der Waals surface area contributed by atoms with Crippen LogP contribution in [0.5, 0.6) is 0 Å². The highest BCUT2D eigenvalue weighted by molar-refractivity contribution is 6.05. The monoisotopic (exact) mass is 322 g/mol. The number of carbonyl (C=O) groups excluding carboxylic acids is 1. The van der Waals surface area contributed by atoms with Crippen molar-refractivity contribution in [2.45, 2.75) is 13.1 Å². The van der Waals surface area contributed by atoms with E-state index in [0.717, 1.165) is 18.6 Å². The lowest BCUT2D eigenvalue weighted by atomic mass is 10.1. The highest BCUT2D eigenvalue weighted by Gasteiger charge is 2.14. The van der Waals surface area contributed by atoms with Gasteiger partial charge in [-0.3, -0.25) is 4.79 Å². The second-order valence-corrected chi connectivity index (χ2v) is 6.11. The first-order valence-corrected chi connectivity index (χ1v) is 7.82. The zero-order valence-electron chi connectivity index (χ0n) is 13.6. The number of nitrogens with zero attached hydrogens (tertiary/aromatic N) is 2. The van der Waals surface area contributed by atoms with Gasteiger partial charge in [-0.15, -0.1) is 0 Å². The summed E-state index contributed by atoms with van der Waals surface area (Å²) in [7, 11) is 3.74. The van der Waals surface area contributed by atoms with Gasteiger partial charge in [0.2, 0.25) is 0 Å². The third-order valence-electron chi connectivity index (χ3n) is 4.12. The molecule has 0 saturated heterocycles. The Balaban J connectivity index is 1.58. The number of anilines is 2. The van der Waals surface area contributed by atoms with E-state index >= 15 is 0 Å². The summed E-state index contributed by atoms with van der Waals surface area (Å²) in [5.74, 6) is -0.125. The molecule has 0 radical (unpaired) electrons. The molecule has 1 aromatic heterocycles. The standard InChI is InChI=1S/C18H18N4O2/c1-22(2)18-21-15-8-14(5-6-16(15)24-18)20-17(23)11-3-4-12-9-19-10-13(12)7-11/h3-8,19H,9-10H2,1-2H3,(H,20,23). The van der Waals surface area contributed by atoms with Gasteiger partial charge >= 0.3 is 0 Å². The Kier molecular flexibility index (Phi) is 3.46. The third-order valence-corrected chi connectivity index (χ3v) is 4.12. The molecule has 3 aromatic rings. The van der Waals surface area contributed by atoms with E-state index in [-0.39, 0.29) is 5.91 Å². The lowest BCUT2D eigenvalue weighted by Crippen LogP contribution is -2.12. The minimum absolute atomic E-state index is 0.125. The van der Waals surface area contributed by atoms with Gasteiger partial charge < -0.3 is 20.0 Å². The number of nitrogens with one attached hydrogen (secondary N) is 2. The summed E-state index contributed by atoms with van der Waals surface area (Å²) in [4.78, 5) is 18.7. The maximum absolute atomic E-state index is 12.5. The van der Waals surface area contributed by atoms with Gasteiger partial charge in [-0.25, -0.2) is 0 Å². The van der Waals surface area contributed by atoms with Crippen LogP contribution in [0, 0.1) is 0 Å². The minimum atomic E-state index is -0.125. The number of benzene rings is 2. The van der Waals surface area contributed by atoms with Crippen molar-refractivity contribution in [1.82, 2.24) is 10.3 Å². The predicted molar refractivity (Wildman–Crippen MR) is 93.3 cm³/mol. The Bertz CT molecular complexity index is 930. The molecule has 0 fully saturated rings. The number of amides is 1. The Labute approximate surface area is 139 Å². The highest BCUT2D eigenvalue weighted by Crippen LogP contribution is 2.24. The van der Waals surface area contributed by atoms with Gasteiger partial charge in [-0.05, 0) is 41.5 Å². The lowest BCUT2D eigenvalue weighted by molar-refractivity contribution is 0.102. The Hall–Kier alpha value is -2.86. The summed E-state index contributed by atoms with van der Waals surface area (Å²) in [6, 6.07) is 11.8. The van der Waals surface area contributed by atoms with Crippen molar-refractivity contribution >= 4 is 28.7 Å². The second kappa shape index (κ2) is 5.65. The number of hydrogen-bond donors (Lipinski definition) is 2. The first-order valence-electron chi connectivity index (χ1n) is 7.82. The fourth-order valence-corrected chi connectivity index (χ4v) is 2.82. The summed E-state index contributed by atoms with van der Waals surface area (Å²) < 4.78 is 5.62. The normalized spacial score (nSPS) is 13.1. The average molecular weight is 322 g/mol. The van der Waals surface area contributed by atoms with Crippen LogP contribution in [-0.2, 0) is 13.1 Å². The zero-order valence-corrected chi connectivity index (χ0v) is 13.6. The average Bonchev–Trinajstić information content (AvgIpc) is 3.20. The van der Waals surface area contributed by atoms with E-state index in [9.17, 15) is 4.79 Å². The van der Waals surface area contributed by atoms with Crippen LogP contribution in [0.1, 0.15) is 21.5 Å². The summed E-state index contributed by atoms with van der Waals surface area (Å²) in [5.41, 5.74) is 5.21. The van der Waals surface area contributed by atoms with E-state index in [1.54, 1.807) is 4.90 Å². The minimum Gasteiger partial charge on any atom is -0.423 e. The fourth-order valence-electron chi connectivity index (χ4n) is 2.82. The van der Waals surface area contributed by atoms with Crippen LogP contribution in [-0.4, -0.2) is 25.0 Å². The van der Waals surface area contributed by atoms with E-state index in [1.165, 1.54) is 11.1 Å². The Morgan fingerprint density at radius 2 is 2.00 bits per heavy atom. The van der Waals surface area contributed by atoms with Crippen molar-refractivity contribution in [3.63, 3.8) is 0 Å². The maximum atomic E-state index is 12.5. The van der Waals surface area contributed by atoms with Crippen LogP contribution < -0.4 is 15.5 Å². The SMILES string of the molecule is CN(C)c1nc2cc(NC(=O)c3ccc4c(c3)CNC4)ccc2o1. The molecule has 6 nitrogen and oxygen atoms in total. The molecule has 1 aliphatic rings. The van der Waals surface area contributed by atoms with Gasteiger partial charge in [0, 0.05) is 38.4 Å².